The van der Waals surface area contributed by atoms with Crippen LogP contribution in [0.2, 0.25) is 0 Å². The molecule has 1 aliphatic heterocycles. The first-order valence-electron chi connectivity index (χ1n) is 9.52. The molecule has 166 valence electrons. The van der Waals surface area contributed by atoms with Gasteiger partial charge in [0.25, 0.3) is 0 Å². The van der Waals surface area contributed by atoms with Gasteiger partial charge in [0.15, 0.2) is 17.4 Å². The molecule has 0 aromatic heterocycles. The van der Waals surface area contributed by atoms with E-state index in [9.17, 15) is 19.2 Å². The van der Waals surface area contributed by atoms with Crippen LogP contribution < -0.4 is 0 Å². The summed E-state index contributed by atoms with van der Waals surface area (Å²) < 4.78 is 31.6. The average Bonchev–Trinajstić information content (AvgIpc) is 2.89. The number of esters is 2. The Morgan fingerprint density at radius 1 is 0.759 bits per heavy atom. The molecule has 2 atom stereocenters. The van der Waals surface area contributed by atoms with Crippen LogP contribution in [-0.2, 0) is 47.6 Å². The summed E-state index contributed by atoms with van der Waals surface area (Å²) in [5.74, 6) is -2.88. The molecule has 29 heavy (non-hydrogen) atoms. The molecule has 1 aliphatic rings. The van der Waals surface area contributed by atoms with E-state index in [0.717, 1.165) is 0 Å². The van der Waals surface area contributed by atoms with Gasteiger partial charge in [-0.2, -0.15) is 0 Å². The molecule has 1 rings (SSSR count). The highest BCUT2D eigenvalue weighted by atomic mass is 16.8. The number of carbonyl (C=O) groups excluding carboxylic acids is 4. The van der Waals surface area contributed by atoms with Gasteiger partial charge >= 0.3 is 11.9 Å². The molecule has 0 aromatic rings. The molecule has 1 fully saturated rings. The molecule has 0 bridgehead atoms. The topological polar surface area (TPSA) is 124 Å². The molecule has 0 amide bonds. The second-order valence-corrected chi connectivity index (χ2v) is 6.78. The van der Waals surface area contributed by atoms with Gasteiger partial charge in [-0.15, -0.1) is 0 Å². The van der Waals surface area contributed by atoms with Crippen molar-refractivity contribution < 1.29 is 47.6 Å². The van der Waals surface area contributed by atoms with Gasteiger partial charge in [-0.05, 0) is 27.7 Å². The summed E-state index contributed by atoms with van der Waals surface area (Å²) in [7, 11) is 0. The van der Waals surface area contributed by atoms with E-state index in [2.05, 4.69) is 0 Å². The van der Waals surface area contributed by atoms with E-state index >= 15 is 0 Å². The van der Waals surface area contributed by atoms with Crippen molar-refractivity contribution >= 4 is 23.5 Å². The fraction of sp³-hybridized carbons (Fsp3) is 0.789. The number of Topliss-reactive ketones (excluding diaryl/α,β-unsaturated/α-hetero) is 2. The third-order valence-corrected chi connectivity index (χ3v) is 3.67. The molecule has 1 heterocycles. The van der Waals surface area contributed by atoms with Gasteiger partial charge < -0.3 is 28.4 Å². The molecule has 0 saturated carbocycles. The van der Waals surface area contributed by atoms with Gasteiger partial charge in [0.2, 0.25) is 0 Å². The second kappa shape index (κ2) is 12.6. The van der Waals surface area contributed by atoms with Crippen molar-refractivity contribution in [1.29, 1.82) is 0 Å². The molecule has 0 spiro atoms. The van der Waals surface area contributed by atoms with Crippen LogP contribution in [0, 0.1) is 0 Å². The van der Waals surface area contributed by atoms with Crippen LogP contribution in [-0.4, -0.2) is 81.1 Å². The van der Waals surface area contributed by atoms with Crippen LogP contribution in [0.15, 0.2) is 0 Å². The Hall–Kier alpha value is -1.88. The Morgan fingerprint density at radius 2 is 1.14 bits per heavy atom. The summed E-state index contributed by atoms with van der Waals surface area (Å²) in [5, 5.41) is 0. The highest BCUT2D eigenvalue weighted by Crippen LogP contribution is 2.28. The summed E-state index contributed by atoms with van der Waals surface area (Å²) in [5.41, 5.74) is 0. The summed E-state index contributed by atoms with van der Waals surface area (Å²) in [6.07, 6.45) is -1.76. The minimum atomic E-state index is -0.883. The number of hydrogen-bond acceptors (Lipinski definition) is 10. The quantitative estimate of drug-likeness (QED) is 0.292. The van der Waals surface area contributed by atoms with Gasteiger partial charge in [0, 0.05) is 0 Å². The monoisotopic (exact) mass is 418 g/mol. The molecule has 0 radical (unpaired) electrons. The van der Waals surface area contributed by atoms with Crippen LogP contribution >= 0.6 is 0 Å². The van der Waals surface area contributed by atoms with Gasteiger partial charge in [-0.3, -0.25) is 19.2 Å². The maximum atomic E-state index is 11.7. The lowest BCUT2D eigenvalue weighted by Gasteiger charge is -2.16. The van der Waals surface area contributed by atoms with Crippen molar-refractivity contribution in [3.63, 3.8) is 0 Å². The first-order valence-corrected chi connectivity index (χ1v) is 9.52. The fourth-order valence-corrected chi connectivity index (χ4v) is 2.62. The van der Waals surface area contributed by atoms with Gasteiger partial charge in [0.1, 0.15) is 38.3 Å². The number of hydrogen-bond donors (Lipinski definition) is 0. The van der Waals surface area contributed by atoms with E-state index in [4.69, 9.17) is 28.4 Å². The van der Waals surface area contributed by atoms with E-state index in [1.54, 1.807) is 27.7 Å². The van der Waals surface area contributed by atoms with E-state index in [1.165, 1.54) is 0 Å². The standard InChI is InChI=1S/C19H30O10/c1-5-26-17(22)7-13(20)9-24-11-15-16(29-19(3,4)28-15)12-25-10-14(21)8-18(23)27-6-2/h15-16H,5-12H2,1-4H3. The second-order valence-electron chi connectivity index (χ2n) is 6.78. The number of carbonyl (C=O) groups is 4. The molecular formula is C19H30O10. The van der Waals surface area contributed by atoms with Gasteiger partial charge in [-0.25, -0.2) is 0 Å². The third kappa shape index (κ3) is 10.5. The van der Waals surface area contributed by atoms with Crippen LogP contribution in [0.25, 0.3) is 0 Å². The summed E-state index contributed by atoms with van der Waals surface area (Å²) in [6.45, 7) is 6.74. The lowest BCUT2D eigenvalue weighted by Crippen LogP contribution is -2.33. The van der Waals surface area contributed by atoms with Crippen molar-refractivity contribution in [3.8, 4) is 0 Å². The molecule has 0 aromatic carbocycles. The predicted molar refractivity (Wildman–Crippen MR) is 98.0 cm³/mol. The van der Waals surface area contributed by atoms with E-state index in [1.807, 2.05) is 0 Å². The summed E-state index contributed by atoms with van der Waals surface area (Å²) >= 11 is 0. The highest BCUT2D eigenvalue weighted by molar-refractivity contribution is 5.96. The fourth-order valence-electron chi connectivity index (χ4n) is 2.62. The smallest absolute Gasteiger partial charge is 0.313 e. The van der Waals surface area contributed by atoms with Crippen LogP contribution in [0.5, 0.6) is 0 Å². The normalized spacial score (nSPS) is 20.3. The van der Waals surface area contributed by atoms with Gasteiger partial charge in [0.05, 0.1) is 26.4 Å². The molecule has 2 unspecified atom stereocenters. The molecule has 10 heteroatoms. The van der Waals surface area contributed by atoms with E-state index in [0.29, 0.717) is 0 Å². The first-order chi connectivity index (χ1) is 13.7. The zero-order valence-electron chi connectivity index (χ0n) is 17.4. The highest BCUT2D eigenvalue weighted by Gasteiger charge is 2.41. The summed E-state index contributed by atoms with van der Waals surface area (Å²) in [4.78, 5) is 45.9. The van der Waals surface area contributed by atoms with Crippen molar-refractivity contribution in [2.45, 2.75) is 58.5 Å². The van der Waals surface area contributed by atoms with Crippen LogP contribution in [0.4, 0.5) is 0 Å². The SMILES string of the molecule is CCOC(=O)CC(=O)COCC1OC(C)(C)OC1COCC(=O)CC(=O)OCC. The molecule has 1 saturated heterocycles. The maximum absolute atomic E-state index is 11.7. The minimum Gasteiger partial charge on any atom is -0.466 e. The van der Waals surface area contributed by atoms with E-state index < -0.39 is 41.5 Å². The number of ketones is 2. The zero-order valence-corrected chi connectivity index (χ0v) is 17.4. The maximum Gasteiger partial charge on any atom is 0.313 e. The van der Waals surface area contributed by atoms with Crippen LogP contribution in [0.1, 0.15) is 40.5 Å². The lowest BCUT2D eigenvalue weighted by atomic mass is 10.2. The van der Waals surface area contributed by atoms with Crippen molar-refractivity contribution in [1.82, 2.24) is 0 Å². The van der Waals surface area contributed by atoms with Crippen molar-refractivity contribution in [3.05, 3.63) is 0 Å². The van der Waals surface area contributed by atoms with Crippen LogP contribution in [0.3, 0.4) is 0 Å². The Kier molecular flexibility index (Phi) is 11.0. The van der Waals surface area contributed by atoms with Crippen molar-refractivity contribution in [2.75, 3.05) is 39.6 Å². The molecule has 0 aliphatic carbocycles. The average molecular weight is 418 g/mol. The number of rotatable bonds is 14. The number of ether oxygens (including phenoxy) is 6. The Labute approximate surface area is 170 Å². The predicted octanol–water partition coefficient (Wildman–Crippen LogP) is 0.584. The molecule has 10 nitrogen and oxygen atoms in total. The van der Waals surface area contributed by atoms with E-state index in [-0.39, 0.29) is 52.5 Å². The molecule has 0 N–H and O–H groups in total. The lowest BCUT2D eigenvalue weighted by molar-refractivity contribution is -0.155. The largest absolute Gasteiger partial charge is 0.466 e. The third-order valence-electron chi connectivity index (χ3n) is 3.67. The summed E-state index contributed by atoms with van der Waals surface area (Å²) in [6, 6.07) is 0. The minimum absolute atomic E-state index is 0.0444. The van der Waals surface area contributed by atoms with Gasteiger partial charge in [-0.1, -0.05) is 0 Å². The van der Waals surface area contributed by atoms with Crippen molar-refractivity contribution in [2.24, 2.45) is 0 Å². The Balaban J connectivity index is 2.37. The Bertz CT molecular complexity index is 523. The molecular weight excluding hydrogens is 388 g/mol. The Morgan fingerprint density at radius 3 is 1.48 bits per heavy atom. The first kappa shape index (κ1) is 25.2. The zero-order chi connectivity index (χ0) is 21.9.